The van der Waals surface area contributed by atoms with Crippen molar-refractivity contribution in [1.29, 1.82) is 0 Å². The predicted molar refractivity (Wildman–Crippen MR) is 74.6 cm³/mol. The number of amides is 1. The zero-order valence-electron chi connectivity index (χ0n) is 10.2. The second-order valence-corrected chi connectivity index (χ2v) is 4.74. The van der Waals surface area contributed by atoms with Gasteiger partial charge in [0.25, 0.3) is 5.91 Å². The van der Waals surface area contributed by atoms with Crippen LogP contribution in [0, 0.1) is 0 Å². The molecule has 0 atom stereocenters. The highest BCUT2D eigenvalue weighted by Crippen LogP contribution is 2.28. The zero-order chi connectivity index (χ0) is 13.8. The average molecular weight is 299 g/mol. The molecule has 1 aromatic carbocycles. The van der Waals surface area contributed by atoms with Crippen LogP contribution in [0.15, 0.2) is 28.9 Å². The number of oxazole rings is 1. The molecular weight excluding hydrogens is 287 g/mol. The van der Waals surface area contributed by atoms with E-state index in [2.05, 4.69) is 10.3 Å². The van der Waals surface area contributed by atoms with Crippen molar-refractivity contribution in [1.82, 2.24) is 10.3 Å². The van der Waals surface area contributed by atoms with Gasteiger partial charge in [-0.1, -0.05) is 30.1 Å². The standard InChI is InChI=1S/C13H12Cl2N2O2/c1-2-5-16-12(18)11-7-19-13(17-11)8-3-4-9(14)10(15)6-8/h3-4,6-7H,2,5H2,1H3,(H,16,18). The van der Waals surface area contributed by atoms with Crippen molar-refractivity contribution in [3.8, 4) is 11.5 Å². The normalized spacial score (nSPS) is 10.5. The highest BCUT2D eigenvalue weighted by molar-refractivity contribution is 6.42. The van der Waals surface area contributed by atoms with Gasteiger partial charge in [0.2, 0.25) is 5.89 Å². The summed E-state index contributed by atoms with van der Waals surface area (Å²) < 4.78 is 5.27. The van der Waals surface area contributed by atoms with Gasteiger partial charge in [0.15, 0.2) is 5.69 Å². The second kappa shape index (κ2) is 6.08. The monoisotopic (exact) mass is 298 g/mol. The van der Waals surface area contributed by atoms with E-state index in [1.54, 1.807) is 18.2 Å². The van der Waals surface area contributed by atoms with Crippen LogP contribution in [0.3, 0.4) is 0 Å². The van der Waals surface area contributed by atoms with Gasteiger partial charge in [0.05, 0.1) is 10.0 Å². The number of carbonyl (C=O) groups is 1. The molecule has 1 heterocycles. The van der Waals surface area contributed by atoms with E-state index in [1.807, 2.05) is 6.92 Å². The van der Waals surface area contributed by atoms with Gasteiger partial charge in [-0.15, -0.1) is 0 Å². The molecule has 4 nitrogen and oxygen atoms in total. The number of halogens is 2. The molecule has 6 heteroatoms. The van der Waals surface area contributed by atoms with E-state index < -0.39 is 0 Å². The van der Waals surface area contributed by atoms with Crippen molar-refractivity contribution in [2.24, 2.45) is 0 Å². The molecular formula is C13H12Cl2N2O2. The Morgan fingerprint density at radius 1 is 1.37 bits per heavy atom. The minimum Gasteiger partial charge on any atom is -0.444 e. The first-order valence-corrected chi connectivity index (χ1v) is 6.56. The molecule has 2 rings (SSSR count). The van der Waals surface area contributed by atoms with Crippen LogP contribution in [0.5, 0.6) is 0 Å². The van der Waals surface area contributed by atoms with Crippen molar-refractivity contribution >= 4 is 29.1 Å². The maximum absolute atomic E-state index is 11.7. The third-order valence-electron chi connectivity index (χ3n) is 2.44. The highest BCUT2D eigenvalue weighted by atomic mass is 35.5. The first kappa shape index (κ1) is 13.9. The van der Waals surface area contributed by atoms with Crippen LogP contribution in [0.2, 0.25) is 10.0 Å². The van der Waals surface area contributed by atoms with Gasteiger partial charge in [-0.05, 0) is 24.6 Å². The Morgan fingerprint density at radius 3 is 2.84 bits per heavy atom. The molecule has 0 aliphatic rings. The molecule has 2 aromatic rings. The summed E-state index contributed by atoms with van der Waals surface area (Å²) in [5.41, 5.74) is 0.915. The molecule has 19 heavy (non-hydrogen) atoms. The summed E-state index contributed by atoms with van der Waals surface area (Å²) >= 11 is 11.8. The summed E-state index contributed by atoms with van der Waals surface area (Å²) in [4.78, 5) is 15.8. The van der Waals surface area contributed by atoms with E-state index >= 15 is 0 Å². The van der Waals surface area contributed by atoms with E-state index in [0.29, 0.717) is 28.0 Å². The fraction of sp³-hybridized carbons (Fsp3) is 0.231. The fourth-order valence-electron chi connectivity index (χ4n) is 1.47. The van der Waals surface area contributed by atoms with Crippen LogP contribution in [-0.4, -0.2) is 17.4 Å². The van der Waals surface area contributed by atoms with E-state index in [-0.39, 0.29) is 11.6 Å². The Hall–Kier alpha value is -1.52. The molecule has 0 unspecified atom stereocenters. The number of benzene rings is 1. The van der Waals surface area contributed by atoms with Crippen LogP contribution >= 0.6 is 23.2 Å². The molecule has 0 fully saturated rings. The quantitative estimate of drug-likeness (QED) is 0.934. The summed E-state index contributed by atoms with van der Waals surface area (Å²) in [7, 11) is 0. The van der Waals surface area contributed by atoms with Gasteiger partial charge in [0.1, 0.15) is 6.26 Å². The van der Waals surface area contributed by atoms with Crippen LogP contribution in [0.25, 0.3) is 11.5 Å². The molecule has 0 aliphatic carbocycles. The zero-order valence-corrected chi connectivity index (χ0v) is 11.8. The molecule has 0 aliphatic heterocycles. The van der Waals surface area contributed by atoms with Crippen LogP contribution < -0.4 is 5.32 Å². The van der Waals surface area contributed by atoms with Gasteiger partial charge < -0.3 is 9.73 Å². The first-order valence-electron chi connectivity index (χ1n) is 5.81. The number of hydrogen-bond acceptors (Lipinski definition) is 3. The van der Waals surface area contributed by atoms with E-state index in [9.17, 15) is 4.79 Å². The van der Waals surface area contributed by atoms with Crippen LogP contribution in [0.1, 0.15) is 23.8 Å². The molecule has 100 valence electrons. The highest BCUT2D eigenvalue weighted by Gasteiger charge is 2.13. The number of rotatable bonds is 4. The Balaban J connectivity index is 2.20. The molecule has 0 saturated carbocycles. The maximum atomic E-state index is 11.7. The number of carbonyl (C=O) groups excluding carboxylic acids is 1. The second-order valence-electron chi connectivity index (χ2n) is 3.92. The summed E-state index contributed by atoms with van der Waals surface area (Å²) in [5, 5.41) is 3.59. The molecule has 0 bridgehead atoms. The van der Waals surface area contributed by atoms with E-state index in [4.69, 9.17) is 27.6 Å². The number of hydrogen-bond donors (Lipinski definition) is 1. The summed E-state index contributed by atoms with van der Waals surface area (Å²) in [5.74, 6) is 0.0807. The van der Waals surface area contributed by atoms with Gasteiger partial charge in [-0.25, -0.2) is 4.98 Å². The number of nitrogens with zero attached hydrogens (tertiary/aromatic N) is 1. The van der Waals surface area contributed by atoms with E-state index in [0.717, 1.165) is 6.42 Å². The molecule has 1 N–H and O–H groups in total. The van der Waals surface area contributed by atoms with Crippen LogP contribution in [-0.2, 0) is 0 Å². The van der Waals surface area contributed by atoms with E-state index in [1.165, 1.54) is 6.26 Å². The third-order valence-corrected chi connectivity index (χ3v) is 3.18. The number of nitrogens with one attached hydrogen (secondary N) is 1. The fourth-order valence-corrected chi connectivity index (χ4v) is 1.77. The lowest BCUT2D eigenvalue weighted by Gasteiger charge is -1.99. The Kier molecular flexibility index (Phi) is 4.45. The van der Waals surface area contributed by atoms with Gasteiger partial charge in [0, 0.05) is 12.1 Å². The largest absolute Gasteiger partial charge is 0.444 e. The van der Waals surface area contributed by atoms with Gasteiger partial charge in [-0.2, -0.15) is 0 Å². The van der Waals surface area contributed by atoms with Gasteiger partial charge >= 0.3 is 0 Å². The van der Waals surface area contributed by atoms with Crippen molar-refractivity contribution in [2.45, 2.75) is 13.3 Å². The Morgan fingerprint density at radius 2 is 2.16 bits per heavy atom. The minimum atomic E-state index is -0.253. The van der Waals surface area contributed by atoms with Crippen molar-refractivity contribution < 1.29 is 9.21 Å². The molecule has 0 radical (unpaired) electrons. The maximum Gasteiger partial charge on any atom is 0.273 e. The molecule has 1 amide bonds. The minimum absolute atomic E-state index is 0.245. The van der Waals surface area contributed by atoms with Crippen LogP contribution in [0.4, 0.5) is 0 Å². The van der Waals surface area contributed by atoms with Gasteiger partial charge in [-0.3, -0.25) is 4.79 Å². The summed E-state index contributed by atoms with van der Waals surface area (Å²) in [6.45, 7) is 2.58. The lowest BCUT2D eigenvalue weighted by atomic mass is 10.2. The van der Waals surface area contributed by atoms with Crippen molar-refractivity contribution in [3.63, 3.8) is 0 Å². The predicted octanol–water partition coefficient (Wildman–Crippen LogP) is 3.79. The average Bonchev–Trinajstić information content (AvgIpc) is 2.89. The third kappa shape index (κ3) is 3.28. The smallest absolute Gasteiger partial charge is 0.273 e. The lowest BCUT2D eigenvalue weighted by molar-refractivity contribution is 0.0948. The Bertz CT molecular complexity index is 596. The SMILES string of the molecule is CCCNC(=O)c1coc(-c2ccc(Cl)c(Cl)c2)n1. The summed E-state index contributed by atoms with van der Waals surface area (Å²) in [6, 6.07) is 5.03. The Labute approximate surface area is 120 Å². The summed E-state index contributed by atoms with van der Waals surface area (Å²) in [6.07, 6.45) is 2.19. The lowest BCUT2D eigenvalue weighted by Crippen LogP contribution is -2.24. The molecule has 1 aromatic heterocycles. The topological polar surface area (TPSA) is 55.1 Å². The first-order chi connectivity index (χ1) is 9.11. The van der Waals surface area contributed by atoms with Crippen molar-refractivity contribution in [3.05, 3.63) is 40.2 Å². The molecule has 0 spiro atoms. The number of aromatic nitrogens is 1. The van der Waals surface area contributed by atoms with Crippen molar-refractivity contribution in [2.75, 3.05) is 6.54 Å². The molecule has 0 saturated heterocycles.